The van der Waals surface area contributed by atoms with E-state index in [9.17, 15) is 9.59 Å². The third-order valence-corrected chi connectivity index (χ3v) is 6.54. The molecule has 31 heavy (non-hydrogen) atoms. The van der Waals surface area contributed by atoms with Crippen molar-refractivity contribution in [3.8, 4) is 11.5 Å². The number of benzene rings is 1. The van der Waals surface area contributed by atoms with E-state index in [1.165, 1.54) is 0 Å². The van der Waals surface area contributed by atoms with Crippen LogP contribution in [0.15, 0.2) is 23.0 Å². The Balaban J connectivity index is 1.65. The van der Waals surface area contributed by atoms with Gasteiger partial charge in [0.2, 0.25) is 0 Å². The molecule has 0 aliphatic carbocycles. The van der Waals surface area contributed by atoms with Gasteiger partial charge in [-0.2, -0.15) is 0 Å². The minimum absolute atomic E-state index is 0.0388. The summed E-state index contributed by atoms with van der Waals surface area (Å²) in [7, 11) is 1.56. The number of carbonyl (C=O) groups excluding carboxylic acids is 1. The summed E-state index contributed by atoms with van der Waals surface area (Å²) < 4.78 is 12.8. The molecule has 0 bridgehead atoms. The molecule has 162 valence electrons. The van der Waals surface area contributed by atoms with Crippen LogP contribution in [-0.2, 0) is 11.3 Å². The number of thiophene rings is 1. The van der Waals surface area contributed by atoms with Crippen molar-refractivity contribution in [2.24, 2.45) is 0 Å². The Morgan fingerprint density at radius 1 is 1.32 bits per heavy atom. The largest absolute Gasteiger partial charge is 0.493 e. The van der Waals surface area contributed by atoms with Crippen LogP contribution >= 0.6 is 11.3 Å². The van der Waals surface area contributed by atoms with Crippen molar-refractivity contribution >= 4 is 39.1 Å². The molecule has 1 N–H and O–H groups in total. The summed E-state index contributed by atoms with van der Waals surface area (Å²) in [6, 6.07) is 5.55. The van der Waals surface area contributed by atoms with E-state index >= 15 is 0 Å². The second kappa shape index (κ2) is 8.55. The van der Waals surface area contributed by atoms with Gasteiger partial charge in [0.15, 0.2) is 18.1 Å². The van der Waals surface area contributed by atoms with Crippen LogP contribution in [0.5, 0.6) is 11.5 Å². The maximum absolute atomic E-state index is 13.0. The number of aryl methyl sites for hydroxylation is 2. The Labute approximate surface area is 184 Å². The number of rotatable bonds is 6. The number of amides is 1. The normalized spacial score (nSPS) is 14.1. The lowest BCUT2D eigenvalue weighted by atomic mass is 10.1. The highest BCUT2D eigenvalue weighted by atomic mass is 32.1. The van der Waals surface area contributed by atoms with Gasteiger partial charge in [-0.25, -0.2) is 4.98 Å². The zero-order valence-electron chi connectivity index (χ0n) is 18.1. The van der Waals surface area contributed by atoms with Crippen molar-refractivity contribution in [3.63, 3.8) is 0 Å². The standard InChI is InChI=1S/C23H25N3O4S/c1-5-24-19(27)12-30-17-7-6-15(11-18(17)29-4)10-16-8-9-26-21(16)25-22-20(23(26)28)13(2)14(3)31-22/h6-7,10-11H,5,8-9,12H2,1-4H3,(H,24,27)/b16-10+. The molecular formula is C23H25N3O4S. The maximum atomic E-state index is 13.0. The smallest absolute Gasteiger partial charge is 0.262 e. The zero-order chi connectivity index (χ0) is 22.1. The van der Waals surface area contributed by atoms with Gasteiger partial charge >= 0.3 is 0 Å². The van der Waals surface area contributed by atoms with Crippen molar-refractivity contribution < 1.29 is 14.3 Å². The second-order valence-electron chi connectivity index (χ2n) is 7.43. The quantitative estimate of drug-likeness (QED) is 0.635. The molecule has 8 heteroatoms. The highest BCUT2D eigenvalue weighted by molar-refractivity contribution is 7.18. The molecule has 0 saturated heterocycles. The molecule has 0 radical (unpaired) electrons. The van der Waals surface area contributed by atoms with E-state index in [0.29, 0.717) is 24.6 Å². The minimum Gasteiger partial charge on any atom is -0.493 e. The molecule has 1 aromatic carbocycles. The Bertz CT molecular complexity index is 1260. The average Bonchev–Trinajstić information content (AvgIpc) is 3.28. The van der Waals surface area contributed by atoms with Crippen LogP contribution < -0.4 is 20.3 Å². The number of nitrogens with zero attached hydrogens (tertiary/aromatic N) is 2. The summed E-state index contributed by atoms with van der Waals surface area (Å²) in [4.78, 5) is 31.4. The van der Waals surface area contributed by atoms with E-state index < -0.39 is 0 Å². The summed E-state index contributed by atoms with van der Waals surface area (Å²) in [5.41, 5.74) is 2.99. The SMILES string of the molecule is CCNC(=O)COc1ccc(/C=C2\CCn3c2nc2sc(C)c(C)c2c3=O)cc1OC. The van der Waals surface area contributed by atoms with E-state index in [4.69, 9.17) is 14.5 Å². The molecule has 2 aromatic heterocycles. The van der Waals surface area contributed by atoms with Crippen molar-refractivity contribution in [3.05, 3.63) is 50.4 Å². The molecule has 0 spiro atoms. The summed E-state index contributed by atoms with van der Waals surface area (Å²) in [6.45, 7) is 6.98. The highest BCUT2D eigenvalue weighted by Crippen LogP contribution is 2.34. The van der Waals surface area contributed by atoms with Gasteiger partial charge in [-0.15, -0.1) is 11.3 Å². The molecule has 0 fully saturated rings. The zero-order valence-corrected chi connectivity index (χ0v) is 18.9. The number of ether oxygens (including phenoxy) is 2. The fraction of sp³-hybridized carbons (Fsp3) is 0.348. The lowest BCUT2D eigenvalue weighted by Gasteiger charge is -2.11. The van der Waals surface area contributed by atoms with E-state index in [1.807, 2.05) is 39.0 Å². The number of carbonyl (C=O) groups is 1. The molecule has 3 aromatic rings. The number of aromatic nitrogens is 2. The van der Waals surface area contributed by atoms with E-state index in [1.54, 1.807) is 29.1 Å². The predicted octanol–water partition coefficient (Wildman–Crippen LogP) is 3.54. The van der Waals surface area contributed by atoms with Crippen molar-refractivity contribution in [2.75, 3.05) is 20.3 Å². The van der Waals surface area contributed by atoms with Gasteiger partial charge in [-0.3, -0.25) is 14.2 Å². The number of likely N-dealkylation sites (N-methyl/N-ethyl adjacent to an activating group) is 1. The van der Waals surface area contributed by atoms with E-state index in [0.717, 1.165) is 44.0 Å². The summed E-state index contributed by atoms with van der Waals surface area (Å²) in [6.07, 6.45) is 2.77. The Kier molecular flexibility index (Phi) is 5.82. The Hall–Kier alpha value is -3.13. The molecule has 1 aliphatic rings. The van der Waals surface area contributed by atoms with Gasteiger partial charge in [0, 0.05) is 18.0 Å². The minimum atomic E-state index is -0.180. The van der Waals surface area contributed by atoms with Gasteiger partial charge in [0.1, 0.15) is 10.7 Å². The third-order valence-electron chi connectivity index (χ3n) is 5.44. The highest BCUT2D eigenvalue weighted by Gasteiger charge is 2.23. The summed E-state index contributed by atoms with van der Waals surface area (Å²) >= 11 is 1.57. The maximum Gasteiger partial charge on any atom is 0.262 e. The summed E-state index contributed by atoms with van der Waals surface area (Å²) in [5.74, 6) is 1.60. The first kappa shape index (κ1) is 21.1. The third kappa shape index (κ3) is 3.95. The van der Waals surface area contributed by atoms with Gasteiger partial charge in [-0.1, -0.05) is 6.07 Å². The first-order valence-corrected chi connectivity index (χ1v) is 11.0. The number of fused-ring (bicyclic) bond motifs is 2. The number of hydrogen-bond acceptors (Lipinski definition) is 6. The number of nitrogens with one attached hydrogen (secondary N) is 1. The number of methoxy groups -OCH3 is 1. The molecule has 3 heterocycles. The van der Waals surface area contributed by atoms with E-state index in [-0.39, 0.29) is 18.1 Å². The topological polar surface area (TPSA) is 82.5 Å². The van der Waals surface area contributed by atoms with Gasteiger partial charge in [0.25, 0.3) is 11.5 Å². The monoisotopic (exact) mass is 439 g/mol. The first-order chi connectivity index (χ1) is 14.9. The van der Waals surface area contributed by atoms with Crippen LogP contribution in [0.2, 0.25) is 0 Å². The molecule has 7 nitrogen and oxygen atoms in total. The van der Waals surface area contributed by atoms with Crippen molar-refractivity contribution in [2.45, 2.75) is 33.7 Å². The van der Waals surface area contributed by atoms with Crippen molar-refractivity contribution in [1.29, 1.82) is 0 Å². The lowest BCUT2D eigenvalue weighted by Crippen LogP contribution is -2.28. The molecule has 4 rings (SSSR count). The molecule has 0 atom stereocenters. The molecule has 1 aliphatic heterocycles. The van der Waals surface area contributed by atoms with Crippen LogP contribution in [0.4, 0.5) is 0 Å². The Morgan fingerprint density at radius 2 is 2.13 bits per heavy atom. The number of hydrogen-bond donors (Lipinski definition) is 1. The van der Waals surface area contributed by atoms with Crippen LogP contribution in [0.25, 0.3) is 21.9 Å². The first-order valence-electron chi connectivity index (χ1n) is 10.2. The summed E-state index contributed by atoms with van der Waals surface area (Å²) in [5, 5.41) is 3.43. The van der Waals surface area contributed by atoms with Crippen LogP contribution in [0.3, 0.4) is 0 Å². The fourth-order valence-corrected chi connectivity index (χ4v) is 4.77. The molecule has 0 unspecified atom stereocenters. The van der Waals surface area contributed by atoms with Crippen LogP contribution in [-0.4, -0.2) is 35.7 Å². The Morgan fingerprint density at radius 3 is 2.87 bits per heavy atom. The van der Waals surface area contributed by atoms with Crippen LogP contribution in [0.1, 0.15) is 35.2 Å². The van der Waals surface area contributed by atoms with Crippen molar-refractivity contribution in [1.82, 2.24) is 14.9 Å². The van der Waals surface area contributed by atoms with Gasteiger partial charge in [0.05, 0.1) is 12.5 Å². The number of allylic oxidation sites excluding steroid dienone is 1. The van der Waals surface area contributed by atoms with Gasteiger partial charge in [-0.05, 0) is 62.1 Å². The van der Waals surface area contributed by atoms with Crippen LogP contribution in [0, 0.1) is 13.8 Å². The van der Waals surface area contributed by atoms with Gasteiger partial charge < -0.3 is 14.8 Å². The molecule has 0 saturated carbocycles. The lowest BCUT2D eigenvalue weighted by molar-refractivity contribution is -0.123. The second-order valence-corrected chi connectivity index (χ2v) is 8.63. The predicted molar refractivity (Wildman–Crippen MR) is 123 cm³/mol. The fourth-order valence-electron chi connectivity index (χ4n) is 3.75. The molecular weight excluding hydrogens is 414 g/mol. The van der Waals surface area contributed by atoms with E-state index in [2.05, 4.69) is 5.32 Å². The molecule has 1 amide bonds. The average molecular weight is 440 g/mol.